The average molecular weight is 315 g/mol. The maximum atomic E-state index is 10.7. The zero-order chi connectivity index (χ0) is 13.5. The first kappa shape index (κ1) is 14.6. The van der Waals surface area contributed by atoms with Gasteiger partial charge in [-0.3, -0.25) is 4.79 Å². The molecule has 0 spiro atoms. The molecule has 0 fully saturated rings. The van der Waals surface area contributed by atoms with Crippen LogP contribution in [0.25, 0.3) is 6.08 Å². The van der Waals surface area contributed by atoms with Crippen LogP contribution in [0.4, 0.5) is 0 Å². The molecule has 0 amide bonds. The van der Waals surface area contributed by atoms with E-state index in [9.17, 15) is 4.79 Å². The molecule has 0 radical (unpaired) electrons. The lowest BCUT2D eigenvalue weighted by atomic mass is 10.2. The minimum absolute atomic E-state index is 0.212. The van der Waals surface area contributed by atoms with Crippen molar-refractivity contribution in [2.24, 2.45) is 0 Å². The van der Waals surface area contributed by atoms with Crippen molar-refractivity contribution in [1.29, 1.82) is 0 Å². The van der Waals surface area contributed by atoms with E-state index in [-0.39, 0.29) is 12.6 Å². The Bertz CT molecular complexity index is 454. The van der Waals surface area contributed by atoms with Crippen LogP contribution in [0.15, 0.2) is 22.7 Å². The number of hydrogen-bond acceptors (Lipinski definition) is 4. The van der Waals surface area contributed by atoms with Crippen molar-refractivity contribution in [3.8, 4) is 11.5 Å². The topological polar surface area (TPSA) is 44.8 Å². The number of ether oxygens (including phenoxy) is 3. The van der Waals surface area contributed by atoms with Crippen LogP contribution in [0.1, 0.15) is 12.5 Å². The normalized spacial score (nSPS) is 11.0. The van der Waals surface area contributed by atoms with E-state index in [2.05, 4.69) is 15.9 Å². The fourth-order valence-corrected chi connectivity index (χ4v) is 1.71. The van der Waals surface area contributed by atoms with Gasteiger partial charge >= 0.3 is 5.97 Å². The van der Waals surface area contributed by atoms with Crippen LogP contribution in [-0.4, -0.2) is 26.8 Å². The zero-order valence-electron chi connectivity index (χ0n) is 10.5. The molecule has 0 saturated heterocycles. The minimum Gasteiger partial charge on any atom is -0.493 e. The van der Waals surface area contributed by atoms with Gasteiger partial charge in [-0.15, -0.1) is 0 Å². The molecule has 0 aliphatic heterocycles. The Labute approximate surface area is 115 Å². The van der Waals surface area contributed by atoms with E-state index >= 15 is 0 Å². The van der Waals surface area contributed by atoms with Crippen LogP contribution in [0.2, 0.25) is 0 Å². The third-order valence-corrected chi connectivity index (χ3v) is 2.60. The number of hydrogen-bond donors (Lipinski definition) is 0. The molecular formula is C13H15BrO4. The summed E-state index contributed by atoms with van der Waals surface area (Å²) in [6.45, 7) is 1.58. The van der Waals surface area contributed by atoms with E-state index in [0.29, 0.717) is 11.5 Å². The lowest BCUT2D eigenvalue weighted by Gasteiger charge is -2.08. The zero-order valence-corrected chi connectivity index (χ0v) is 12.1. The van der Waals surface area contributed by atoms with Crippen LogP contribution in [0.5, 0.6) is 11.5 Å². The van der Waals surface area contributed by atoms with Crippen molar-refractivity contribution < 1.29 is 19.0 Å². The Kier molecular flexibility index (Phi) is 5.71. The van der Waals surface area contributed by atoms with Crippen LogP contribution < -0.4 is 9.47 Å². The molecule has 4 nitrogen and oxygen atoms in total. The smallest absolute Gasteiger partial charge is 0.302 e. The first-order valence-electron chi connectivity index (χ1n) is 5.28. The van der Waals surface area contributed by atoms with Gasteiger partial charge < -0.3 is 14.2 Å². The van der Waals surface area contributed by atoms with Gasteiger partial charge in [-0.2, -0.15) is 0 Å². The predicted octanol–water partition coefficient (Wildman–Crippen LogP) is 3.00. The molecule has 0 aliphatic rings. The van der Waals surface area contributed by atoms with E-state index in [1.807, 2.05) is 24.3 Å². The van der Waals surface area contributed by atoms with Crippen LogP contribution >= 0.6 is 15.9 Å². The van der Waals surface area contributed by atoms with Gasteiger partial charge in [-0.1, -0.05) is 22.0 Å². The molecule has 0 N–H and O–H groups in total. The van der Waals surface area contributed by atoms with Crippen molar-refractivity contribution in [2.45, 2.75) is 6.92 Å². The monoisotopic (exact) mass is 314 g/mol. The fraction of sp³-hybridized carbons (Fsp3) is 0.308. The molecule has 0 heterocycles. The molecule has 0 aromatic heterocycles. The van der Waals surface area contributed by atoms with Crippen molar-refractivity contribution in [3.63, 3.8) is 0 Å². The SMILES string of the molecule is COc1ccc(/C=C(\Br)COC(C)=O)cc1OC. The Morgan fingerprint density at radius 1 is 1.28 bits per heavy atom. The number of halogens is 1. The van der Waals surface area contributed by atoms with E-state index in [0.717, 1.165) is 10.0 Å². The van der Waals surface area contributed by atoms with Crippen LogP contribution in [-0.2, 0) is 9.53 Å². The van der Waals surface area contributed by atoms with E-state index in [1.54, 1.807) is 14.2 Å². The van der Waals surface area contributed by atoms with Gasteiger partial charge in [0.25, 0.3) is 0 Å². The summed E-state index contributed by atoms with van der Waals surface area (Å²) in [6.07, 6.45) is 1.85. The van der Waals surface area contributed by atoms with E-state index in [4.69, 9.17) is 14.2 Å². The summed E-state index contributed by atoms with van der Waals surface area (Å²) in [7, 11) is 3.17. The first-order valence-corrected chi connectivity index (χ1v) is 6.07. The lowest BCUT2D eigenvalue weighted by Crippen LogP contribution is -2.00. The second-order valence-electron chi connectivity index (χ2n) is 3.49. The standard InChI is InChI=1S/C13H15BrO4/c1-9(15)18-8-11(14)6-10-4-5-12(16-2)13(7-10)17-3/h4-7H,8H2,1-3H3/b11-6-. The van der Waals surface area contributed by atoms with Crippen molar-refractivity contribution in [3.05, 3.63) is 28.2 Å². The van der Waals surface area contributed by atoms with Gasteiger partial charge in [-0.25, -0.2) is 0 Å². The molecule has 0 bridgehead atoms. The van der Waals surface area contributed by atoms with E-state index < -0.39 is 0 Å². The summed E-state index contributed by atoms with van der Waals surface area (Å²) in [6, 6.07) is 5.54. The molecule has 0 aliphatic carbocycles. The third-order valence-electron chi connectivity index (χ3n) is 2.14. The summed E-state index contributed by atoms with van der Waals surface area (Å²) in [4.78, 5) is 10.7. The molecular weight excluding hydrogens is 300 g/mol. The van der Waals surface area contributed by atoms with Gasteiger partial charge in [0.1, 0.15) is 6.61 Å². The second kappa shape index (κ2) is 7.06. The van der Waals surface area contributed by atoms with Crippen LogP contribution in [0.3, 0.4) is 0 Å². The molecule has 98 valence electrons. The van der Waals surface area contributed by atoms with E-state index in [1.165, 1.54) is 6.92 Å². The molecule has 0 unspecified atom stereocenters. The predicted molar refractivity (Wildman–Crippen MR) is 73.1 cm³/mol. The highest BCUT2D eigenvalue weighted by atomic mass is 79.9. The Morgan fingerprint density at radius 2 is 1.94 bits per heavy atom. The molecule has 5 heteroatoms. The second-order valence-corrected chi connectivity index (χ2v) is 4.50. The fourth-order valence-electron chi connectivity index (χ4n) is 1.34. The number of benzene rings is 1. The minimum atomic E-state index is -0.312. The maximum absolute atomic E-state index is 10.7. The highest BCUT2D eigenvalue weighted by Gasteiger charge is 2.04. The Balaban J connectivity index is 2.83. The summed E-state index contributed by atoms with van der Waals surface area (Å²) >= 11 is 3.34. The molecule has 1 rings (SSSR count). The molecule has 18 heavy (non-hydrogen) atoms. The van der Waals surface area contributed by atoms with Gasteiger partial charge in [0.2, 0.25) is 0 Å². The van der Waals surface area contributed by atoms with Gasteiger partial charge in [0, 0.05) is 11.4 Å². The largest absolute Gasteiger partial charge is 0.493 e. The third kappa shape index (κ3) is 4.41. The summed E-state index contributed by atoms with van der Waals surface area (Å²) < 4.78 is 16.0. The number of carbonyl (C=O) groups excluding carboxylic acids is 1. The Hall–Kier alpha value is -1.49. The molecule has 1 aromatic rings. The van der Waals surface area contributed by atoms with Crippen molar-refractivity contribution in [1.82, 2.24) is 0 Å². The number of methoxy groups -OCH3 is 2. The maximum Gasteiger partial charge on any atom is 0.302 e. The summed E-state index contributed by atoms with van der Waals surface area (Å²) in [5.41, 5.74) is 0.923. The number of carbonyl (C=O) groups is 1. The quantitative estimate of drug-likeness (QED) is 0.784. The van der Waals surface area contributed by atoms with Gasteiger partial charge in [0.05, 0.1) is 14.2 Å². The number of esters is 1. The summed E-state index contributed by atoms with van der Waals surface area (Å²) in [5.74, 6) is 1.01. The molecule has 1 aromatic carbocycles. The number of rotatable bonds is 5. The highest BCUT2D eigenvalue weighted by molar-refractivity contribution is 9.11. The summed E-state index contributed by atoms with van der Waals surface area (Å²) in [5, 5.41) is 0. The first-order chi connectivity index (χ1) is 8.56. The Morgan fingerprint density at radius 3 is 2.50 bits per heavy atom. The van der Waals surface area contributed by atoms with Crippen molar-refractivity contribution in [2.75, 3.05) is 20.8 Å². The average Bonchev–Trinajstić information content (AvgIpc) is 2.36. The highest BCUT2D eigenvalue weighted by Crippen LogP contribution is 2.28. The van der Waals surface area contributed by atoms with Crippen molar-refractivity contribution >= 4 is 28.0 Å². The van der Waals surface area contributed by atoms with Gasteiger partial charge in [-0.05, 0) is 23.8 Å². The lowest BCUT2D eigenvalue weighted by molar-refractivity contribution is -0.139. The van der Waals surface area contributed by atoms with Crippen LogP contribution in [0, 0.1) is 0 Å². The molecule has 0 saturated carbocycles. The molecule has 0 atom stereocenters. The van der Waals surface area contributed by atoms with Gasteiger partial charge in [0.15, 0.2) is 11.5 Å².